The van der Waals surface area contributed by atoms with Crippen molar-refractivity contribution in [3.8, 4) is 0 Å². The summed E-state index contributed by atoms with van der Waals surface area (Å²) >= 11 is 0. The average Bonchev–Trinajstić information content (AvgIpc) is 3.14. The lowest BCUT2D eigenvalue weighted by Crippen LogP contribution is -2.52. The van der Waals surface area contributed by atoms with Gasteiger partial charge in [-0.15, -0.1) is 0 Å². The van der Waals surface area contributed by atoms with Gasteiger partial charge in [0, 0.05) is 37.9 Å². The van der Waals surface area contributed by atoms with Crippen LogP contribution >= 0.6 is 0 Å². The van der Waals surface area contributed by atoms with Crippen LogP contribution in [0.4, 0.5) is 0 Å². The van der Waals surface area contributed by atoms with E-state index in [2.05, 4.69) is 10.00 Å². The number of carboxylic acids is 1. The topological polar surface area (TPSA) is 78.7 Å². The van der Waals surface area contributed by atoms with Crippen molar-refractivity contribution in [1.29, 1.82) is 0 Å². The summed E-state index contributed by atoms with van der Waals surface area (Å²) in [7, 11) is 3.86. The first-order chi connectivity index (χ1) is 11.9. The first-order valence-corrected chi connectivity index (χ1v) is 9.18. The molecule has 2 unspecified atom stereocenters. The van der Waals surface area contributed by atoms with E-state index in [4.69, 9.17) is 0 Å². The van der Waals surface area contributed by atoms with E-state index >= 15 is 0 Å². The van der Waals surface area contributed by atoms with E-state index in [1.807, 2.05) is 18.8 Å². The number of likely N-dealkylation sites (tertiary alicyclic amines) is 2. The minimum atomic E-state index is -0.836. The van der Waals surface area contributed by atoms with Gasteiger partial charge >= 0.3 is 5.97 Å². The van der Waals surface area contributed by atoms with Crippen molar-refractivity contribution in [2.24, 2.45) is 18.4 Å². The van der Waals surface area contributed by atoms with Gasteiger partial charge in [0.05, 0.1) is 0 Å². The molecule has 0 radical (unpaired) electrons. The molecule has 25 heavy (non-hydrogen) atoms. The summed E-state index contributed by atoms with van der Waals surface area (Å²) in [5.74, 6) is -0.830. The molecule has 1 aromatic rings. The lowest BCUT2D eigenvalue weighted by Gasteiger charge is -2.39. The van der Waals surface area contributed by atoms with Crippen LogP contribution in [0.1, 0.15) is 41.0 Å². The van der Waals surface area contributed by atoms with E-state index < -0.39 is 11.4 Å². The Morgan fingerprint density at radius 3 is 2.72 bits per heavy atom. The Balaban J connectivity index is 1.63. The minimum absolute atomic E-state index is 0.0321. The van der Waals surface area contributed by atoms with Gasteiger partial charge in [0.15, 0.2) is 5.69 Å². The van der Waals surface area contributed by atoms with Gasteiger partial charge in [-0.25, -0.2) is 0 Å². The molecule has 1 aromatic heterocycles. The van der Waals surface area contributed by atoms with E-state index in [1.165, 1.54) is 5.69 Å². The number of aryl methyl sites for hydroxylation is 1. The van der Waals surface area contributed by atoms with Crippen LogP contribution in [0.25, 0.3) is 0 Å². The number of carboxylic acid groups (broad SMARTS) is 1. The fraction of sp³-hybridized carbons (Fsp3) is 0.722. The molecule has 4 rings (SSSR count). The molecule has 3 aliphatic rings. The largest absolute Gasteiger partial charge is 0.481 e. The van der Waals surface area contributed by atoms with Gasteiger partial charge in [-0.05, 0) is 51.6 Å². The molecule has 1 aliphatic carbocycles. The predicted molar refractivity (Wildman–Crippen MR) is 91.4 cm³/mol. The van der Waals surface area contributed by atoms with E-state index in [0.29, 0.717) is 25.3 Å². The second kappa shape index (κ2) is 5.83. The third kappa shape index (κ3) is 2.47. The molecular weight excluding hydrogens is 320 g/mol. The second-order valence-electron chi connectivity index (χ2n) is 7.97. The highest BCUT2D eigenvalue weighted by Crippen LogP contribution is 2.42. The summed E-state index contributed by atoms with van der Waals surface area (Å²) in [6, 6.07) is 0. The SMILES string of the molecule is CN1CCC2CN(C(=O)c3nn(C)c4c3CCCC4)CC2(C(=O)O)C1. The van der Waals surface area contributed by atoms with Gasteiger partial charge in [0.2, 0.25) is 0 Å². The fourth-order valence-electron chi connectivity index (χ4n) is 5.02. The molecule has 1 N–H and O–H groups in total. The van der Waals surface area contributed by atoms with Crippen LogP contribution < -0.4 is 0 Å². The monoisotopic (exact) mass is 346 g/mol. The average molecular weight is 346 g/mol. The van der Waals surface area contributed by atoms with Crippen LogP contribution in [-0.2, 0) is 24.7 Å². The Labute approximate surface area is 147 Å². The molecule has 0 spiro atoms. The maximum atomic E-state index is 13.2. The molecule has 3 heterocycles. The molecule has 7 nitrogen and oxygen atoms in total. The van der Waals surface area contributed by atoms with Crippen molar-refractivity contribution in [2.45, 2.75) is 32.1 Å². The zero-order chi connectivity index (χ0) is 17.8. The summed E-state index contributed by atoms with van der Waals surface area (Å²) in [5, 5.41) is 14.4. The summed E-state index contributed by atoms with van der Waals surface area (Å²) < 4.78 is 1.84. The Morgan fingerprint density at radius 1 is 1.20 bits per heavy atom. The highest BCUT2D eigenvalue weighted by molar-refractivity contribution is 5.95. The molecule has 1 amide bonds. The molecular formula is C18H26N4O3. The number of hydrogen-bond acceptors (Lipinski definition) is 4. The molecule has 2 atom stereocenters. The second-order valence-corrected chi connectivity index (χ2v) is 7.97. The van der Waals surface area contributed by atoms with Crippen LogP contribution in [0.15, 0.2) is 0 Å². The summed E-state index contributed by atoms with van der Waals surface area (Å²) in [4.78, 5) is 29.0. The number of aliphatic carboxylic acids is 1. The van der Waals surface area contributed by atoms with Crippen LogP contribution in [0.2, 0.25) is 0 Å². The molecule has 136 valence electrons. The summed E-state index contributed by atoms with van der Waals surface area (Å²) in [5.41, 5.74) is 1.95. The van der Waals surface area contributed by atoms with Gasteiger partial charge in [-0.1, -0.05) is 0 Å². The van der Waals surface area contributed by atoms with Crippen LogP contribution in [0.5, 0.6) is 0 Å². The molecule has 0 bridgehead atoms. The normalized spacial score (nSPS) is 29.4. The van der Waals surface area contributed by atoms with Gasteiger partial charge in [-0.3, -0.25) is 14.3 Å². The van der Waals surface area contributed by atoms with Gasteiger partial charge < -0.3 is 14.9 Å². The number of aromatic nitrogens is 2. The van der Waals surface area contributed by atoms with Crippen LogP contribution in [0.3, 0.4) is 0 Å². The number of amides is 1. The summed E-state index contributed by atoms with van der Waals surface area (Å²) in [6.07, 6.45) is 4.92. The van der Waals surface area contributed by atoms with Crippen molar-refractivity contribution in [3.63, 3.8) is 0 Å². The highest BCUT2D eigenvalue weighted by atomic mass is 16.4. The first-order valence-electron chi connectivity index (χ1n) is 9.18. The lowest BCUT2D eigenvalue weighted by molar-refractivity contribution is -0.153. The van der Waals surface area contributed by atoms with E-state index in [0.717, 1.165) is 44.2 Å². The van der Waals surface area contributed by atoms with Crippen molar-refractivity contribution in [3.05, 3.63) is 17.0 Å². The number of fused-ring (bicyclic) bond motifs is 2. The van der Waals surface area contributed by atoms with E-state index in [9.17, 15) is 14.7 Å². The Hall–Kier alpha value is -1.89. The number of carbonyl (C=O) groups excluding carboxylic acids is 1. The smallest absolute Gasteiger partial charge is 0.313 e. The molecule has 2 fully saturated rings. The number of piperidine rings is 1. The highest BCUT2D eigenvalue weighted by Gasteiger charge is 2.55. The Bertz CT molecular complexity index is 728. The van der Waals surface area contributed by atoms with Crippen LogP contribution in [0, 0.1) is 11.3 Å². The van der Waals surface area contributed by atoms with E-state index in [-0.39, 0.29) is 11.8 Å². The molecule has 0 aromatic carbocycles. The third-order valence-corrected chi connectivity index (χ3v) is 6.39. The number of hydrogen-bond donors (Lipinski definition) is 1. The number of nitrogens with zero attached hydrogens (tertiary/aromatic N) is 4. The fourth-order valence-corrected chi connectivity index (χ4v) is 5.02. The van der Waals surface area contributed by atoms with Crippen molar-refractivity contribution in [1.82, 2.24) is 19.6 Å². The first kappa shape index (κ1) is 16.6. The Kier molecular flexibility index (Phi) is 3.86. The minimum Gasteiger partial charge on any atom is -0.481 e. The van der Waals surface area contributed by atoms with Crippen molar-refractivity contribution >= 4 is 11.9 Å². The lowest BCUT2D eigenvalue weighted by atomic mass is 9.73. The Morgan fingerprint density at radius 2 is 1.96 bits per heavy atom. The van der Waals surface area contributed by atoms with Gasteiger partial charge in [0.1, 0.15) is 5.41 Å². The number of carbonyl (C=O) groups is 2. The zero-order valence-corrected chi connectivity index (χ0v) is 15.0. The third-order valence-electron chi connectivity index (χ3n) is 6.39. The van der Waals surface area contributed by atoms with Crippen LogP contribution in [-0.4, -0.2) is 69.8 Å². The summed E-state index contributed by atoms with van der Waals surface area (Å²) in [6.45, 7) is 2.23. The molecule has 7 heteroatoms. The standard InChI is InChI=1S/C18H26N4O3/c1-20-8-7-12-9-22(11-18(12,10-20)17(24)25)16(23)15-13-5-3-4-6-14(13)21(2)19-15/h12H,3-11H2,1-2H3,(H,24,25). The molecule has 2 aliphatic heterocycles. The quantitative estimate of drug-likeness (QED) is 0.856. The molecule has 2 saturated heterocycles. The van der Waals surface area contributed by atoms with Crippen molar-refractivity contribution < 1.29 is 14.7 Å². The predicted octanol–water partition coefficient (Wildman–Crippen LogP) is 0.777. The van der Waals surface area contributed by atoms with E-state index in [1.54, 1.807) is 4.90 Å². The van der Waals surface area contributed by atoms with Gasteiger partial charge in [-0.2, -0.15) is 5.10 Å². The molecule has 0 saturated carbocycles. The number of rotatable bonds is 2. The van der Waals surface area contributed by atoms with Gasteiger partial charge in [0.25, 0.3) is 5.91 Å². The zero-order valence-electron chi connectivity index (χ0n) is 15.0. The maximum absolute atomic E-state index is 13.2. The van der Waals surface area contributed by atoms with Crippen molar-refractivity contribution in [2.75, 3.05) is 33.2 Å². The maximum Gasteiger partial charge on any atom is 0.313 e.